The number of Topliss-reactive ketones (excluding diaryl/α,β-unsaturated/α-hetero) is 1. The van der Waals surface area contributed by atoms with Crippen molar-refractivity contribution in [3.05, 3.63) is 0 Å². The van der Waals surface area contributed by atoms with Crippen LogP contribution < -0.4 is 26.6 Å². The number of aliphatic carboxylic acids is 1. The average Bonchev–Trinajstić information content (AvgIpc) is 2.79. The maximum atomic E-state index is 12.7. The molecule has 3 atom stereocenters. The Kier molecular flexibility index (Phi) is 16.8. The van der Waals surface area contributed by atoms with E-state index in [9.17, 15) is 28.8 Å². The van der Waals surface area contributed by atoms with Crippen LogP contribution in [0.5, 0.6) is 0 Å². The van der Waals surface area contributed by atoms with Crippen LogP contribution >= 0.6 is 0 Å². The normalized spacial score (nSPS) is 13.4. The van der Waals surface area contributed by atoms with E-state index >= 15 is 0 Å². The summed E-state index contributed by atoms with van der Waals surface area (Å²) in [4.78, 5) is 71.7. The third kappa shape index (κ3) is 15.6. The Bertz CT molecular complexity index is 785. The number of carbonyl (C=O) groups excluding carboxylic acids is 5. The van der Waals surface area contributed by atoms with Crippen LogP contribution in [0, 0.1) is 11.8 Å². The number of hydrogen-bond donors (Lipinski definition) is 6. The molecule has 0 spiro atoms. The lowest BCUT2D eigenvalue weighted by Crippen LogP contribution is -2.55. The van der Waals surface area contributed by atoms with Gasteiger partial charge in [-0.3, -0.25) is 28.8 Å². The molecule has 0 aliphatic carbocycles. The molecule has 0 saturated carbocycles. The van der Waals surface area contributed by atoms with Crippen LogP contribution in [0.1, 0.15) is 73.1 Å². The van der Waals surface area contributed by atoms with E-state index in [1.165, 1.54) is 6.92 Å². The van der Waals surface area contributed by atoms with E-state index in [1.807, 2.05) is 27.7 Å². The molecule has 0 radical (unpaired) electrons. The van der Waals surface area contributed by atoms with Crippen LogP contribution in [0.3, 0.4) is 0 Å². The number of amides is 4. The van der Waals surface area contributed by atoms with Crippen LogP contribution in [0.4, 0.5) is 0 Å². The third-order valence-electron chi connectivity index (χ3n) is 5.66. The molecule has 0 heterocycles. The Morgan fingerprint density at radius 1 is 0.784 bits per heavy atom. The molecular weight excluding hydrogens is 482 g/mol. The van der Waals surface area contributed by atoms with E-state index in [-0.39, 0.29) is 48.8 Å². The average molecular weight is 528 g/mol. The predicted octanol–water partition coefficient (Wildman–Crippen LogP) is 0.103. The lowest BCUT2D eigenvalue weighted by atomic mass is 10.00. The van der Waals surface area contributed by atoms with E-state index < -0.39 is 35.9 Å². The van der Waals surface area contributed by atoms with Crippen LogP contribution in [0.2, 0.25) is 0 Å². The minimum atomic E-state index is -1.04. The molecule has 6 N–H and O–H groups in total. The number of carboxylic acids is 1. The maximum Gasteiger partial charge on any atom is 0.303 e. The van der Waals surface area contributed by atoms with Crippen molar-refractivity contribution < 1.29 is 33.9 Å². The lowest BCUT2D eigenvalue weighted by molar-refractivity contribution is -0.138. The van der Waals surface area contributed by atoms with Crippen molar-refractivity contribution in [2.24, 2.45) is 11.8 Å². The van der Waals surface area contributed by atoms with Crippen molar-refractivity contribution in [2.75, 3.05) is 20.1 Å². The fourth-order valence-corrected chi connectivity index (χ4v) is 3.65. The highest BCUT2D eigenvalue weighted by atomic mass is 16.4. The minimum absolute atomic E-state index is 0.0234. The summed E-state index contributed by atoms with van der Waals surface area (Å²) in [5.74, 6) is -2.78. The molecule has 3 unspecified atom stereocenters. The lowest BCUT2D eigenvalue weighted by Gasteiger charge is -2.25. The molecule has 0 fully saturated rings. The zero-order valence-electron chi connectivity index (χ0n) is 22.9. The van der Waals surface area contributed by atoms with E-state index in [0.717, 1.165) is 0 Å². The van der Waals surface area contributed by atoms with Crippen molar-refractivity contribution in [1.82, 2.24) is 26.6 Å². The smallest absolute Gasteiger partial charge is 0.303 e. The Balaban J connectivity index is 4.68. The fraction of sp³-hybridized carbons (Fsp3) is 0.760. The second-order valence-electron chi connectivity index (χ2n) is 9.89. The Morgan fingerprint density at radius 3 is 1.95 bits per heavy atom. The van der Waals surface area contributed by atoms with Gasteiger partial charge in [0.15, 0.2) is 5.78 Å². The maximum absolute atomic E-state index is 12.7. The van der Waals surface area contributed by atoms with Crippen molar-refractivity contribution >= 4 is 35.4 Å². The highest BCUT2D eigenvalue weighted by Gasteiger charge is 2.27. The largest absolute Gasteiger partial charge is 0.481 e. The van der Waals surface area contributed by atoms with Gasteiger partial charge in [-0.05, 0) is 51.5 Å². The number of nitrogens with one attached hydrogen (secondary N) is 5. The number of unbranched alkanes of at least 4 members (excludes halogenated alkanes) is 1. The molecule has 37 heavy (non-hydrogen) atoms. The molecule has 0 saturated heterocycles. The third-order valence-corrected chi connectivity index (χ3v) is 5.66. The Labute approximate surface area is 219 Å². The molecule has 212 valence electrons. The molecule has 12 nitrogen and oxygen atoms in total. The van der Waals surface area contributed by atoms with Crippen LogP contribution in [-0.4, -0.2) is 78.8 Å². The first-order valence-electron chi connectivity index (χ1n) is 12.8. The molecule has 0 aromatic carbocycles. The standard InChI is InChI=1S/C25H45N5O7/c1-15(2)13-19(30-25(37)23(26-6)16(3)4)24(36)28-14-21(33)29-18(17(5)31)9-7-8-12-27-20(32)10-11-22(34)35/h15-16,18-19,23,26H,7-14H2,1-6H3,(H,27,32)(H,28,36)(H,29,33)(H,30,37)(H,34,35). The van der Waals surface area contributed by atoms with Crippen LogP contribution in [0.25, 0.3) is 0 Å². The molecular formula is C25H45N5O7. The van der Waals surface area contributed by atoms with Gasteiger partial charge in [-0.25, -0.2) is 0 Å². The summed E-state index contributed by atoms with van der Waals surface area (Å²) in [7, 11) is 1.68. The molecule has 0 aromatic rings. The summed E-state index contributed by atoms with van der Waals surface area (Å²) in [6, 6.07) is -2.00. The topological polar surface area (TPSA) is 183 Å². The van der Waals surface area contributed by atoms with Gasteiger partial charge in [-0.15, -0.1) is 0 Å². The van der Waals surface area contributed by atoms with E-state index in [0.29, 0.717) is 32.2 Å². The quantitative estimate of drug-likeness (QED) is 0.128. The zero-order valence-corrected chi connectivity index (χ0v) is 22.9. The fourth-order valence-electron chi connectivity index (χ4n) is 3.65. The van der Waals surface area contributed by atoms with Crippen molar-refractivity contribution in [3.63, 3.8) is 0 Å². The second-order valence-corrected chi connectivity index (χ2v) is 9.89. The van der Waals surface area contributed by atoms with E-state index in [1.54, 1.807) is 7.05 Å². The first-order chi connectivity index (χ1) is 17.3. The van der Waals surface area contributed by atoms with Gasteiger partial charge in [0.25, 0.3) is 0 Å². The highest BCUT2D eigenvalue weighted by molar-refractivity contribution is 5.93. The van der Waals surface area contributed by atoms with Gasteiger partial charge in [-0.1, -0.05) is 27.7 Å². The van der Waals surface area contributed by atoms with Crippen molar-refractivity contribution in [2.45, 2.75) is 91.3 Å². The number of rotatable bonds is 19. The zero-order chi connectivity index (χ0) is 28.5. The van der Waals surface area contributed by atoms with Gasteiger partial charge < -0.3 is 31.7 Å². The molecule has 0 bridgehead atoms. The Hall–Kier alpha value is -3.02. The molecule has 0 aliphatic heterocycles. The van der Waals surface area contributed by atoms with Gasteiger partial charge in [0.05, 0.1) is 25.0 Å². The summed E-state index contributed by atoms with van der Waals surface area (Å²) < 4.78 is 0. The van der Waals surface area contributed by atoms with Gasteiger partial charge in [0, 0.05) is 13.0 Å². The second kappa shape index (κ2) is 18.3. The van der Waals surface area contributed by atoms with Crippen LogP contribution in [-0.2, 0) is 28.8 Å². The summed E-state index contributed by atoms with van der Waals surface area (Å²) >= 11 is 0. The van der Waals surface area contributed by atoms with Crippen molar-refractivity contribution in [1.29, 1.82) is 0 Å². The molecule has 0 rings (SSSR count). The number of ketones is 1. The molecule has 0 aliphatic rings. The van der Waals surface area contributed by atoms with Crippen LogP contribution in [0.15, 0.2) is 0 Å². The predicted molar refractivity (Wildman–Crippen MR) is 138 cm³/mol. The number of hydrogen-bond acceptors (Lipinski definition) is 7. The number of carboxylic acid groups (broad SMARTS) is 1. The summed E-state index contributed by atoms with van der Waals surface area (Å²) in [6.45, 7) is 9.00. The van der Waals surface area contributed by atoms with Gasteiger partial charge in [-0.2, -0.15) is 0 Å². The first-order valence-corrected chi connectivity index (χ1v) is 12.8. The summed E-state index contributed by atoms with van der Waals surface area (Å²) in [5, 5.41) is 22.1. The highest BCUT2D eigenvalue weighted by Crippen LogP contribution is 2.08. The monoisotopic (exact) mass is 527 g/mol. The summed E-state index contributed by atoms with van der Waals surface area (Å²) in [6.07, 6.45) is 1.52. The number of carbonyl (C=O) groups is 6. The first kappa shape index (κ1) is 34.0. The molecule has 12 heteroatoms. The summed E-state index contributed by atoms with van der Waals surface area (Å²) in [5.41, 5.74) is 0. The Morgan fingerprint density at radius 2 is 1.43 bits per heavy atom. The SMILES string of the molecule is CNC(C(=O)NC(CC(C)C)C(=O)NCC(=O)NC(CCCCNC(=O)CCC(=O)O)C(C)=O)C(C)C. The minimum Gasteiger partial charge on any atom is -0.481 e. The van der Waals surface area contributed by atoms with E-state index in [4.69, 9.17) is 5.11 Å². The number of likely N-dealkylation sites (N-methyl/N-ethyl adjacent to an activating group) is 1. The van der Waals surface area contributed by atoms with Gasteiger partial charge in [0.1, 0.15) is 6.04 Å². The molecule has 4 amide bonds. The van der Waals surface area contributed by atoms with Gasteiger partial charge in [0.2, 0.25) is 23.6 Å². The van der Waals surface area contributed by atoms with Gasteiger partial charge >= 0.3 is 5.97 Å². The van der Waals surface area contributed by atoms with E-state index in [2.05, 4.69) is 26.6 Å². The molecule has 0 aromatic heterocycles. The van der Waals surface area contributed by atoms with Crippen molar-refractivity contribution in [3.8, 4) is 0 Å².